The molecule has 148 valence electrons. The van der Waals surface area contributed by atoms with Gasteiger partial charge >= 0.3 is 0 Å². The molecular weight excluding hydrogens is 401 g/mol. The van der Waals surface area contributed by atoms with Crippen molar-refractivity contribution < 1.29 is 4.39 Å². The van der Waals surface area contributed by atoms with Gasteiger partial charge in [-0.25, -0.2) is 4.98 Å². The summed E-state index contributed by atoms with van der Waals surface area (Å²) in [6, 6.07) is 7.09. The first-order valence-corrected chi connectivity index (χ1v) is 10.4. The fourth-order valence-electron chi connectivity index (χ4n) is 3.80. The Hall–Kier alpha value is -3.43. The molecule has 0 saturated heterocycles. The summed E-state index contributed by atoms with van der Waals surface area (Å²) >= 11 is 1.06. The number of H-pyrrole nitrogens is 2. The van der Waals surface area contributed by atoms with E-state index in [9.17, 15) is 4.39 Å². The van der Waals surface area contributed by atoms with Gasteiger partial charge in [-0.2, -0.15) is 9.49 Å². The molecule has 0 radical (unpaired) electrons. The zero-order valence-corrected chi connectivity index (χ0v) is 16.6. The van der Waals surface area contributed by atoms with Crippen molar-refractivity contribution in [2.45, 2.75) is 6.42 Å². The number of nitrogens with one attached hydrogen (secondary N) is 3. The van der Waals surface area contributed by atoms with Crippen molar-refractivity contribution in [3.05, 3.63) is 53.6 Å². The molecule has 7 nitrogen and oxygen atoms in total. The summed E-state index contributed by atoms with van der Waals surface area (Å²) in [6.07, 6.45) is 6.64. The summed E-state index contributed by atoms with van der Waals surface area (Å²) in [5.74, 6) is 0.638. The number of rotatable bonds is 3. The molecule has 6 rings (SSSR count). The molecule has 0 fully saturated rings. The van der Waals surface area contributed by atoms with E-state index in [0.29, 0.717) is 17.0 Å². The normalized spacial score (nSPS) is 14.5. The Balaban J connectivity index is 1.49. The standard InChI is InChI=1S/C21H16FN7S/c22-17-2-1-16(30-17)20-19-13(5-8-24-20)26-21(27-19)18-12-9-14(11-3-6-23-7-4-11)25-10-15(12)28-29-18/h1-3,5,8-10,23H,4,6-7H2,(H,26,27)(H,28,29). The van der Waals surface area contributed by atoms with Crippen molar-refractivity contribution in [3.63, 3.8) is 0 Å². The summed E-state index contributed by atoms with van der Waals surface area (Å²) in [6.45, 7) is 1.81. The van der Waals surface area contributed by atoms with Crippen LogP contribution < -0.4 is 5.32 Å². The molecule has 5 aromatic heterocycles. The van der Waals surface area contributed by atoms with Crippen LogP contribution in [-0.2, 0) is 0 Å². The maximum atomic E-state index is 13.5. The average Bonchev–Trinajstić information content (AvgIpc) is 3.51. The zero-order chi connectivity index (χ0) is 20.1. The Morgan fingerprint density at radius 3 is 2.87 bits per heavy atom. The second-order valence-electron chi connectivity index (χ2n) is 7.12. The van der Waals surface area contributed by atoms with Gasteiger partial charge in [0.15, 0.2) is 11.0 Å². The lowest BCUT2D eigenvalue weighted by atomic mass is 10.0. The number of aromatic nitrogens is 6. The van der Waals surface area contributed by atoms with Gasteiger partial charge in [-0.1, -0.05) is 6.08 Å². The second kappa shape index (κ2) is 6.82. The van der Waals surface area contributed by atoms with Crippen molar-refractivity contribution in [1.82, 2.24) is 35.5 Å². The number of hydrogen-bond acceptors (Lipinski definition) is 6. The number of fused-ring (bicyclic) bond motifs is 2. The number of thiophene rings is 1. The molecule has 1 aliphatic rings. The summed E-state index contributed by atoms with van der Waals surface area (Å²) in [4.78, 5) is 17.9. The number of imidazole rings is 1. The second-order valence-corrected chi connectivity index (χ2v) is 8.15. The summed E-state index contributed by atoms with van der Waals surface area (Å²) in [5.41, 5.74) is 5.95. The third kappa shape index (κ3) is 2.82. The smallest absolute Gasteiger partial charge is 0.177 e. The highest BCUT2D eigenvalue weighted by atomic mass is 32.1. The Morgan fingerprint density at radius 2 is 2.03 bits per heavy atom. The number of halogens is 1. The van der Waals surface area contributed by atoms with E-state index < -0.39 is 0 Å². The quantitative estimate of drug-likeness (QED) is 0.410. The van der Waals surface area contributed by atoms with E-state index in [-0.39, 0.29) is 5.13 Å². The van der Waals surface area contributed by atoms with Crippen LogP contribution in [0, 0.1) is 5.13 Å². The predicted molar refractivity (Wildman–Crippen MR) is 116 cm³/mol. The zero-order valence-electron chi connectivity index (χ0n) is 15.7. The van der Waals surface area contributed by atoms with Gasteiger partial charge in [-0.05, 0) is 42.8 Å². The Morgan fingerprint density at radius 1 is 1.07 bits per heavy atom. The largest absolute Gasteiger partial charge is 0.336 e. The molecule has 30 heavy (non-hydrogen) atoms. The van der Waals surface area contributed by atoms with Crippen molar-refractivity contribution in [3.8, 4) is 22.1 Å². The Labute approximate surface area is 174 Å². The number of aromatic amines is 2. The van der Waals surface area contributed by atoms with Crippen molar-refractivity contribution in [2.75, 3.05) is 13.1 Å². The Kier molecular flexibility index (Phi) is 3.96. The monoisotopic (exact) mass is 417 g/mol. The van der Waals surface area contributed by atoms with Crippen LogP contribution in [0.1, 0.15) is 12.1 Å². The molecular formula is C21H16FN7S. The topological polar surface area (TPSA) is 95.2 Å². The lowest BCUT2D eigenvalue weighted by molar-refractivity contribution is 0.657. The van der Waals surface area contributed by atoms with Crippen LogP contribution in [0.25, 0.3) is 49.6 Å². The van der Waals surface area contributed by atoms with E-state index in [2.05, 4.69) is 42.6 Å². The van der Waals surface area contributed by atoms with Crippen molar-refractivity contribution >= 4 is 38.8 Å². The molecule has 3 N–H and O–H groups in total. The molecule has 9 heteroatoms. The van der Waals surface area contributed by atoms with E-state index in [1.165, 1.54) is 11.6 Å². The first-order chi connectivity index (χ1) is 14.8. The van der Waals surface area contributed by atoms with Crippen LogP contribution in [0.15, 0.2) is 42.7 Å². The summed E-state index contributed by atoms with van der Waals surface area (Å²) < 4.78 is 13.5. The SMILES string of the molecule is Fc1ccc(-c2nccc3[nH]c(-c4n[nH]c5cnc(C6=CCNCC6)cc45)nc23)s1. The molecule has 0 bridgehead atoms. The average molecular weight is 417 g/mol. The fraction of sp³-hybridized carbons (Fsp3) is 0.143. The number of pyridine rings is 2. The van der Waals surface area contributed by atoms with Crippen LogP contribution in [0.2, 0.25) is 0 Å². The van der Waals surface area contributed by atoms with Gasteiger partial charge < -0.3 is 10.3 Å². The number of hydrogen-bond donors (Lipinski definition) is 3. The van der Waals surface area contributed by atoms with Gasteiger partial charge in [0.2, 0.25) is 0 Å². The van der Waals surface area contributed by atoms with E-state index >= 15 is 0 Å². The van der Waals surface area contributed by atoms with Crippen LogP contribution in [0.3, 0.4) is 0 Å². The highest BCUT2D eigenvalue weighted by Crippen LogP contribution is 2.33. The lowest BCUT2D eigenvalue weighted by Crippen LogP contribution is -2.20. The molecule has 1 aliphatic heterocycles. The van der Waals surface area contributed by atoms with Gasteiger partial charge in [-0.15, -0.1) is 11.3 Å². The van der Waals surface area contributed by atoms with Crippen molar-refractivity contribution in [2.24, 2.45) is 0 Å². The molecule has 0 unspecified atom stereocenters. The van der Waals surface area contributed by atoms with Crippen LogP contribution in [0.5, 0.6) is 0 Å². The van der Waals surface area contributed by atoms with E-state index in [1.54, 1.807) is 12.3 Å². The minimum atomic E-state index is -0.245. The fourth-order valence-corrected chi connectivity index (χ4v) is 4.53. The van der Waals surface area contributed by atoms with Crippen LogP contribution in [-0.4, -0.2) is 43.2 Å². The molecule has 6 heterocycles. The third-order valence-corrected chi connectivity index (χ3v) is 6.15. The van der Waals surface area contributed by atoms with Gasteiger partial charge in [0, 0.05) is 18.1 Å². The van der Waals surface area contributed by atoms with Crippen LogP contribution >= 0.6 is 11.3 Å². The molecule has 0 saturated carbocycles. The third-order valence-electron chi connectivity index (χ3n) is 5.27. The molecule has 0 spiro atoms. The Bertz CT molecular complexity index is 1430. The summed E-state index contributed by atoms with van der Waals surface area (Å²) in [5, 5.41) is 11.6. The predicted octanol–water partition coefficient (Wildman–Crippen LogP) is 4.14. The minimum absolute atomic E-state index is 0.245. The van der Waals surface area contributed by atoms with Crippen molar-refractivity contribution in [1.29, 1.82) is 0 Å². The van der Waals surface area contributed by atoms with Crippen LogP contribution in [0.4, 0.5) is 4.39 Å². The highest BCUT2D eigenvalue weighted by Gasteiger charge is 2.18. The molecule has 0 aromatic carbocycles. The minimum Gasteiger partial charge on any atom is -0.336 e. The van der Waals surface area contributed by atoms with Gasteiger partial charge in [0.05, 0.1) is 27.8 Å². The van der Waals surface area contributed by atoms with E-state index in [1.807, 2.05) is 12.3 Å². The maximum absolute atomic E-state index is 13.5. The van der Waals surface area contributed by atoms with Gasteiger partial charge in [0.1, 0.15) is 16.9 Å². The van der Waals surface area contributed by atoms with Gasteiger partial charge in [-0.3, -0.25) is 15.1 Å². The first-order valence-electron chi connectivity index (χ1n) is 9.61. The van der Waals surface area contributed by atoms with E-state index in [0.717, 1.165) is 63.5 Å². The maximum Gasteiger partial charge on any atom is 0.177 e. The molecule has 5 aromatic rings. The number of nitrogens with zero attached hydrogens (tertiary/aromatic N) is 4. The van der Waals surface area contributed by atoms with Gasteiger partial charge in [0.25, 0.3) is 0 Å². The molecule has 0 aliphatic carbocycles. The highest BCUT2D eigenvalue weighted by molar-refractivity contribution is 7.13. The lowest BCUT2D eigenvalue weighted by Gasteiger charge is -2.13. The summed E-state index contributed by atoms with van der Waals surface area (Å²) in [7, 11) is 0. The van der Waals surface area contributed by atoms with E-state index in [4.69, 9.17) is 4.98 Å². The molecule has 0 atom stereocenters. The molecule has 0 amide bonds. The first kappa shape index (κ1) is 17.4.